The summed E-state index contributed by atoms with van der Waals surface area (Å²) in [5.41, 5.74) is 1.16. The van der Waals surface area contributed by atoms with Crippen LogP contribution in [-0.4, -0.2) is 23.3 Å². The standard InChI is InChI=1S/C14H19N3O2/c1-3-18-13-7-5-4-6-12(13)11(2)15-9-8-14-16-10-19-17-14/h4-7,10-11,15H,3,8-9H2,1-2H3. The van der Waals surface area contributed by atoms with E-state index in [2.05, 4.69) is 28.4 Å². The van der Waals surface area contributed by atoms with E-state index in [1.807, 2.05) is 25.1 Å². The van der Waals surface area contributed by atoms with Crippen molar-refractivity contribution in [2.24, 2.45) is 0 Å². The molecule has 0 fully saturated rings. The first kappa shape index (κ1) is 13.5. The summed E-state index contributed by atoms with van der Waals surface area (Å²) >= 11 is 0. The molecular formula is C14H19N3O2. The highest BCUT2D eigenvalue weighted by atomic mass is 16.5. The van der Waals surface area contributed by atoms with Gasteiger partial charge in [-0.25, -0.2) is 0 Å². The highest BCUT2D eigenvalue weighted by molar-refractivity contribution is 5.35. The van der Waals surface area contributed by atoms with Crippen molar-refractivity contribution in [2.75, 3.05) is 13.2 Å². The molecule has 1 unspecified atom stereocenters. The van der Waals surface area contributed by atoms with Crippen LogP contribution in [0.15, 0.2) is 35.2 Å². The Kier molecular flexibility index (Phi) is 4.92. The van der Waals surface area contributed by atoms with E-state index in [1.165, 1.54) is 6.39 Å². The predicted octanol–water partition coefficient (Wildman–Crippen LogP) is 2.36. The van der Waals surface area contributed by atoms with Crippen molar-refractivity contribution >= 4 is 0 Å². The number of aromatic nitrogens is 2. The van der Waals surface area contributed by atoms with Crippen LogP contribution in [0, 0.1) is 0 Å². The molecule has 1 aromatic carbocycles. The van der Waals surface area contributed by atoms with Crippen molar-refractivity contribution in [3.05, 3.63) is 42.0 Å². The van der Waals surface area contributed by atoms with Crippen LogP contribution < -0.4 is 10.1 Å². The van der Waals surface area contributed by atoms with E-state index < -0.39 is 0 Å². The largest absolute Gasteiger partial charge is 0.494 e. The van der Waals surface area contributed by atoms with Gasteiger partial charge in [-0.15, -0.1) is 0 Å². The van der Waals surface area contributed by atoms with Crippen molar-refractivity contribution in [2.45, 2.75) is 26.3 Å². The number of benzene rings is 1. The summed E-state index contributed by atoms with van der Waals surface area (Å²) in [7, 11) is 0. The lowest BCUT2D eigenvalue weighted by Crippen LogP contribution is -2.22. The molecule has 0 aliphatic carbocycles. The number of para-hydroxylation sites is 1. The van der Waals surface area contributed by atoms with Gasteiger partial charge in [0.05, 0.1) is 6.61 Å². The van der Waals surface area contributed by atoms with Gasteiger partial charge in [-0.2, -0.15) is 4.98 Å². The SMILES string of the molecule is CCOc1ccccc1C(C)NCCc1ncon1. The normalized spacial score (nSPS) is 12.3. The van der Waals surface area contributed by atoms with Crippen LogP contribution in [-0.2, 0) is 6.42 Å². The molecule has 0 radical (unpaired) electrons. The molecule has 1 N–H and O–H groups in total. The van der Waals surface area contributed by atoms with Crippen LogP contribution >= 0.6 is 0 Å². The van der Waals surface area contributed by atoms with Gasteiger partial charge in [0.25, 0.3) is 0 Å². The Morgan fingerprint density at radius 1 is 1.37 bits per heavy atom. The molecule has 1 atom stereocenters. The van der Waals surface area contributed by atoms with Gasteiger partial charge in [-0.05, 0) is 19.9 Å². The molecule has 0 spiro atoms. The fraction of sp³-hybridized carbons (Fsp3) is 0.429. The van der Waals surface area contributed by atoms with Gasteiger partial charge in [0.2, 0.25) is 6.39 Å². The summed E-state index contributed by atoms with van der Waals surface area (Å²) < 4.78 is 10.3. The third-order valence-electron chi connectivity index (χ3n) is 2.89. The average molecular weight is 261 g/mol. The van der Waals surface area contributed by atoms with Gasteiger partial charge < -0.3 is 14.6 Å². The van der Waals surface area contributed by atoms with E-state index in [9.17, 15) is 0 Å². The zero-order chi connectivity index (χ0) is 13.5. The summed E-state index contributed by atoms with van der Waals surface area (Å²) in [6.45, 7) is 5.58. The summed E-state index contributed by atoms with van der Waals surface area (Å²) in [5.74, 6) is 1.65. The Morgan fingerprint density at radius 2 is 2.21 bits per heavy atom. The Balaban J connectivity index is 1.90. The highest BCUT2D eigenvalue weighted by Crippen LogP contribution is 2.24. The lowest BCUT2D eigenvalue weighted by molar-refractivity contribution is 0.332. The van der Waals surface area contributed by atoms with Crippen molar-refractivity contribution in [1.82, 2.24) is 15.5 Å². The first-order chi connectivity index (χ1) is 9.31. The molecule has 0 saturated heterocycles. The fourth-order valence-electron chi connectivity index (χ4n) is 1.94. The minimum atomic E-state index is 0.217. The maximum absolute atomic E-state index is 5.63. The first-order valence-electron chi connectivity index (χ1n) is 6.51. The maximum Gasteiger partial charge on any atom is 0.213 e. The number of rotatable bonds is 7. The van der Waals surface area contributed by atoms with Crippen molar-refractivity contribution in [1.29, 1.82) is 0 Å². The minimum absolute atomic E-state index is 0.217. The Bertz CT molecular complexity index is 485. The van der Waals surface area contributed by atoms with Gasteiger partial charge in [0.15, 0.2) is 5.82 Å². The third kappa shape index (κ3) is 3.79. The monoisotopic (exact) mass is 261 g/mol. The van der Waals surface area contributed by atoms with Gasteiger partial charge in [-0.1, -0.05) is 23.4 Å². The first-order valence-corrected chi connectivity index (χ1v) is 6.51. The molecule has 0 saturated carbocycles. The molecule has 0 aliphatic rings. The number of nitrogens with zero attached hydrogens (tertiary/aromatic N) is 2. The summed E-state index contributed by atoms with van der Waals surface area (Å²) in [6.07, 6.45) is 2.10. The van der Waals surface area contributed by atoms with Crippen molar-refractivity contribution in [3.8, 4) is 5.75 Å². The van der Waals surface area contributed by atoms with E-state index in [0.717, 1.165) is 30.1 Å². The molecule has 1 aromatic heterocycles. The lowest BCUT2D eigenvalue weighted by atomic mass is 10.1. The van der Waals surface area contributed by atoms with E-state index in [4.69, 9.17) is 9.26 Å². The van der Waals surface area contributed by atoms with Crippen LogP contribution in [0.1, 0.15) is 31.3 Å². The third-order valence-corrected chi connectivity index (χ3v) is 2.89. The second-order valence-corrected chi connectivity index (χ2v) is 4.24. The van der Waals surface area contributed by atoms with Crippen LogP contribution in [0.3, 0.4) is 0 Å². The van der Waals surface area contributed by atoms with Gasteiger partial charge in [0, 0.05) is 24.6 Å². The summed E-state index contributed by atoms with van der Waals surface area (Å²) in [6, 6.07) is 8.30. The fourth-order valence-corrected chi connectivity index (χ4v) is 1.94. The summed E-state index contributed by atoms with van der Waals surface area (Å²) in [4.78, 5) is 3.99. The highest BCUT2D eigenvalue weighted by Gasteiger charge is 2.10. The number of hydrogen-bond acceptors (Lipinski definition) is 5. The zero-order valence-corrected chi connectivity index (χ0v) is 11.3. The number of ether oxygens (including phenoxy) is 1. The van der Waals surface area contributed by atoms with E-state index >= 15 is 0 Å². The Labute approximate surface area is 113 Å². The van der Waals surface area contributed by atoms with Crippen LogP contribution in [0.25, 0.3) is 0 Å². The van der Waals surface area contributed by atoms with Gasteiger partial charge in [0.1, 0.15) is 5.75 Å². The van der Waals surface area contributed by atoms with E-state index in [0.29, 0.717) is 6.61 Å². The molecule has 0 amide bonds. The van der Waals surface area contributed by atoms with E-state index in [-0.39, 0.29) is 6.04 Å². The molecule has 5 heteroatoms. The Hall–Kier alpha value is -1.88. The quantitative estimate of drug-likeness (QED) is 0.829. The predicted molar refractivity (Wildman–Crippen MR) is 72.0 cm³/mol. The second kappa shape index (κ2) is 6.89. The average Bonchev–Trinajstić information content (AvgIpc) is 2.93. The van der Waals surface area contributed by atoms with E-state index in [1.54, 1.807) is 0 Å². The topological polar surface area (TPSA) is 60.2 Å². The second-order valence-electron chi connectivity index (χ2n) is 4.24. The molecule has 0 bridgehead atoms. The maximum atomic E-state index is 5.63. The van der Waals surface area contributed by atoms with Gasteiger partial charge >= 0.3 is 0 Å². The minimum Gasteiger partial charge on any atom is -0.494 e. The zero-order valence-electron chi connectivity index (χ0n) is 11.3. The smallest absolute Gasteiger partial charge is 0.213 e. The van der Waals surface area contributed by atoms with Crippen LogP contribution in [0.2, 0.25) is 0 Å². The summed E-state index contributed by atoms with van der Waals surface area (Å²) in [5, 5.41) is 7.22. The molecule has 102 valence electrons. The van der Waals surface area contributed by atoms with Crippen LogP contribution in [0.5, 0.6) is 5.75 Å². The molecule has 2 rings (SSSR count). The molecule has 2 aromatic rings. The molecule has 5 nitrogen and oxygen atoms in total. The molecular weight excluding hydrogens is 242 g/mol. The molecule has 19 heavy (non-hydrogen) atoms. The lowest BCUT2D eigenvalue weighted by Gasteiger charge is -2.17. The van der Waals surface area contributed by atoms with Gasteiger partial charge in [-0.3, -0.25) is 0 Å². The van der Waals surface area contributed by atoms with Crippen molar-refractivity contribution in [3.63, 3.8) is 0 Å². The van der Waals surface area contributed by atoms with Crippen molar-refractivity contribution < 1.29 is 9.26 Å². The Morgan fingerprint density at radius 3 is 2.95 bits per heavy atom. The molecule has 0 aliphatic heterocycles. The number of hydrogen-bond donors (Lipinski definition) is 1. The van der Waals surface area contributed by atoms with Crippen LogP contribution in [0.4, 0.5) is 0 Å². The molecule has 1 heterocycles. The number of nitrogens with one attached hydrogen (secondary N) is 1.